The summed E-state index contributed by atoms with van der Waals surface area (Å²) in [5, 5.41) is 5.43. The van der Waals surface area contributed by atoms with E-state index in [2.05, 4.69) is 27.5 Å². The lowest BCUT2D eigenvalue weighted by molar-refractivity contribution is 0.0600. The number of aryl methyl sites for hydroxylation is 3. The van der Waals surface area contributed by atoms with E-state index in [1.807, 2.05) is 20.8 Å². The minimum absolute atomic E-state index is 0.336. The SMILES string of the molecule is COC(=O)c1ccc(NC(=O)NCCOc2c(C)cc(C)cc2C)cc1. The molecule has 2 rings (SSSR count). The molecular weight excluding hydrogens is 332 g/mol. The first-order valence-electron chi connectivity index (χ1n) is 8.34. The van der Waals surface area contributed by atoms with Gasteiger partial charge in [-0.25, -0.2) is 9.59 Å². The quantitative estimate of drug-likeness (QED) is 0.612. The van der Waals surface area contributed by atoms with E-state index in [0.29, 0.717) is 24.4 Å². The molecule has 0 aliphatic rings. The van der Waals surface area contributed by atoms with Gasteiger partial charge < -0.3 is 20.1 Å². The van der Waals surface area contributed by atoms with E-state index in [1.54, 1.807) is 24.3 Å². The summed E-state index contributed by atoms with van der Waals surface area (Å²) >= 11 is 0. The number of esters is 1. The highest BCUT2D eigenvalue weighted by molar-refractivity contribution is 5.92. The number of carbonyl (C=O) groups is 2. The Balaban J connectivity index is 1.78. The first kappa shape index (κ1) is 19.3. The Hall–Kier alpha value is -3.02. The van der Waals surface area contributed by atoms with Crippen molar-refractivity contribution in [2.45, 2.75) is 20.8 Å². The van der Waals surface area contributed by atoms with Crippen LogP contribution in [0.25, 0.3) is 0 Å². The average Bonchev–Trinajstić information content (AvgIpc) is 2.60. The molecule has 0 aromatic heterocycles. The molecule has 0 fully saturated rings. The van der Waals surface area contributed by atoms with Gasteiger partial charge in [-0.3, -0.25) is 0 Å². The molecule has 6 nitrogen and oxygen atoms in total. The Kier molecular flexibility index (Phi) is 6.60. The normalized spacial score (nSPS) is 10.2. The summed E-state index contributed by atoms with van der Waals surface area (Å²) in [7, 11) is 1.32. The first-order valence-corrected chi connectivity index (χ1v) is 8.34. The third-order valence-electron chi connectivity index (χ3n) is 3.80. The fraction of sp³-hybridized carbons (Fsp3) is 0.300. The van der Waals surface area contributed by atoms with Gasteiger partial charge in [0.2, 0.25) is 0 Å². The molecule has 2 N–H and O–H groups in total. The van der Waals surface area contributed by atoms with Crippen molar-refractivity contribution in [3.8, 4) is 5.75 Å². The van der Waals surface area contributed by atoms with Crippen LogP contribution in [0, 0.1) is 20.8 Å². The highest BCUT2D eigenvalue weighted by Gasteiger charge is 2.07. The van der Waals surface area contributed by atoms with Crippen LogP contribution < -0.4 is 15.4 Å². The summed E-state index contributed by atoms with van der Waals surface area (Å²) in [5.74, 6) is 0.441. The second-order valence-corrected chi connectivity index (χ2v) is 6.03. The van der Waals surface area contributed by atoms with E-state index in [4.69, 9.17) is 4.74 Å². The number of amides is 2. The molecule has 138 valence electrons. The Bertz CT molecular complexity index is 762. The first-order chi connectivity index (χ1) is 12.4. The van der Waals surface area contributed by atoms with Gasteiger partial charge in [-0.05, 0) is 56.2 Å². The van der Waals surface area contributed by atoms with Crippen LogP contribution in [0.15, 0.2) is 36.4 Å². The van der Waals surface area contributed by atoms with Gasteiger partial charge in [0.05, 0.1) is 19.2 Å². The van der Waals surface area contributed by atoms with Gasteiger partial charge in [-0.2, -0.15) is 0 Å². The zero-order chi connectivity index (χ0) is 19.1. The van der Waals surface area contributed by atoms with Crippen LogP contribution in [-0.2, 0) is 4.74 Å². The number of benzene rings is 2. The van der Waals surface area contributed by atoms with Gasteiger partial charge in [-0.15, -0.1) is 0 Å². The molecule has 0 aliphatic heterocycles. The van der Waals surface area contributed by atoms with Crippen molar-refractivity contribution < 1.29 is 19.1 Å². The number of urea groups is 1. The van der Waals surface area contributed by atoms with Crippen LogP contribution in [0.4, 0.5) is 10.5 Å². The fourth-order valence-corrected chi connectivity index (χ4v) is 2.69. The minimum atomic E-state index is -0.417. The van der Waals surface area contributed by atoms with Crippen molar-refractivity contribution in [3.05, 3.63) is 58.7 Å². The summed E-state index contributed by atoms with van der Waals surface area (Å²) in [6, 6.07) is 10.3. The molecule has 2 aromatic carbocycles. The number of nitrogens with one attached hydrogen (secondary N) is 2. The van der Waals surface area contributed by atoms with Crippen LogP contribution in [0.1, 0.15) is 27.0 Å². The highest BCUT2D eigenvalue weighted by Crippen LogP contribution is 2.24. The van der Waals surface area contributed by atoms with E-state index in [0.717, 1.165) is 16.9 Å². The van der Waals surface area contributed by atoms with Gasteiger partial charge in [0, 0.05) is 5.69 Å². The lowest BCUT2D eigenvalue weighted by atomic mass is 10.1. The third kappa shape index (κ3) is 5.24. The van der Waals surface area contributed by atoms with Crippen LogP contribution in [0.3, 0.4) is 0 Å². The van der Waals surface area contributed by atoms with E-state index in [9.17, 15) is 9.59 Å². The number of hydrogen-bond donors (Lipinski definition) is 2. The molecule has 0 unspecified atom stereocenters. The molecule has 26 heavy (non-hydrogen) atoms. The van der Waals surface area contributed by atoms with Crippen molar-refractivity contribution in [2.24, 2.45) is 0 Å². The average molecular weight is 356 g/mol. The van der Waals surface area contributed by atoms with Gasteiger partial charge in [-0.1, -0.05) is 17.7 Å². The van der Waals surface area contributed by atoms with Crippen LogP contribution in [0.5, 0.6) is 5.75 Å². The van der Waals surface area contributed by atoms with E-state index < -0.39 is 5.97 Å². The smallest absolute Gasteiger partial charge is 0.337 e. The molecule has 0 radical (unpaired) electrons. The number of hydrogen-bond acceptors (Lipinski definition) is 4. The Labute approximate surface area is 153 Å². The number of methoxy groups -OCH3 is 1. The summed E-state index contributed by atoms with van der Waals surface area (Å²) in [5.41, 5.74) is 4.37. The molecule has 0 heterocycles. The molecule has 2 amide bonds. The van der Waals surface area contributed by atoms with Gasteiger partial charge >= 0.3 is 12.0 Å². The molecule has 6 heteroatoms. The van der Waals surface area contributed by atoms with Crippen molar-refractivity contribution in [3.63, 3.8) is 0 Å². The molecule has 2 aromatic rings. The molecular formula is C20H24N2O4. The summed E-state index contributed by atoms with van der Waals surface area (Å²) in [6.07, 6.45) is 0. The van der Waals surface area contributed by atoms with Crippen LogP contribution in [-0.4, -0.2) is 32.3 Å². The van der Waals surface area contributed by atoms with Crippen molar-refractivity contribution in [1.29, 1.82) is 0 Å². The lowest BCUT2D eigenvalue weighted by Gasteiger charge is -2.14. The number of ether oxygens (including phenoxy) is 2. The van der Waals surface area contributed by atoms with Crippen molar-refractivity contribution in [1.82, 2.24) is 5.32 Å². The molecule has 0 saturated heterocycles. The summed E-state index contributed by atoms with van der Waals surface area (Å²) in [4.78, 5) is 23.3. The molecule has 0 spiro atoms. The topological polar surface area (TPSA) is 76.7 Å². The van der Waals surface area contributed by atoms with Gasteiger partial charge in [0.1, 0.15) is 12.4 Å². The third-order valence-corrected chi connectivity index (χ3v) is 3.80. The van der Waals surface area contributed by atoms with Crippen molar-refractivity contribution >= 4 is 17.7 Å². The summed E-state index contributed by atoms with van der Waals surface area (Å²) in [6.45, 7) is 6.81. The second kappa shape index (κ2) is 8.89. The molecule has 0 bridgehead atoms. The number of rotatable bonds is 6. The second-order valence-electron chi connectivity index (χ2n) is 6.03. The predicted molar refractivity (Wildman–Crippen MR) is 101 cm³/mol. The zero-order valence-electron chi connectivity index (χ0n) is 15.5. The predicted octanol–water partition coefficient (Wildman–Crippen LogP) is 3.60. The van der Waals surface area contributed by atoms with Gasteiger partial charge in [0.15, 0.2) is 0 Å². The highest BCUT2D eigenvalue weighted by atomic mass is 16.5. The number of carbonyl (C=O) groups excluding carboxylic acids is 2. The van der Waals surface area contributed by atoms with E-state index >= 15 is 0 Å². The standard InChI is InChI=1S/C20H24N2O4/c1-13-11-14(2)18(15(3)12-13)26-10-9-21-20(24)22-17-7-5-16(6-8-17)19(23)25-4/h5-8,11-12H,9-10H2,1-4H3,(H2,21,22,24). The lowest BCUT2D eigenvalue weighted by Crippen LogP contribution is -2.32. The zero-order valence-corrected chi connectivity index (χ0v) is 15.5. The maximum Gasteiger partial charge on any atom is 0.337 e. The van der Waals surface area contributed by atoms with E-state index in [1.165, 1.54) is 12.7 Å². The fourth-order valence-electron chi connectivity index (χ4n) is 2.69. The molecule has 0 saturated carbocycles. The minimum Gasteiger partial charge on any atom is -0.491 e. The molecule has 0 atom stereocenters. The van der Waals surface area contributed by atoms with Crippen LogP contribution in [0.2, 0.25) is 0 Å². The number of anilines is 1. The van der Waals surface area contributed by atoms with E-state index in [-0.39, 0.29) is 6.03 Å². The maximum absolute atomic E-state index is 11.9. The van der Waals surface area contributed by atoms with Gasteiger partial charge in [0.25, 0.3) is 0 Å². The Morgan fingerprint density at radius 3 is 2.19 bits per heavy atom. The van der Waals surface area contributed by atoms with Crippen LogP contribution >= 0.6 is 0 Å². The summed E-state index contributed by atoms with van der Waals surface area (Å²) < 4.78 is 10.4. The maximum atomic E-state index is 11.9. The largest absolute Gasteiger partial charge is 0.491 e. The molecule has 0 aliphatic carbocycles. The monoisotopic (exact) mass is 356 g/mol. The Morgan fingerprint density at radius 2 is 1.62 bits per heavy atom. The van der Waals surface area contributed by atoms with Crippen molar-refractivity contribution in [2.75, 3.05) is 25.6 Å². The Morgan fingerprint density at radius 1 is 1.00 bits per heavy atom.